The Labute approximate surface area is 147 Å². The second-order valence-corrected chi connectivity index (χ2v) is 6.98. The van der Waals surface area contributed by atoms with Crippen molar-refractivity contribution in [2.75, 3.05) is 26.2 Å². The first-order valence-corrected chi connectivity index (χ1v) is 9.60. The van der Waals surface area contributed by atoms with E-state index in [-0.39, 0.29) is 5.91 Å². The molecule has 3 rings (SSSR count). The molecular weight excluding hydrogens is 322 g/mol. The summed E-state index contributed by atoms with van der Waals surface area (Å²) in [6.45, 7) is 8.50. The van der Waals surface area contributed by atoms with Gasteiger partial charge in [-0.3, -0.25) is 9.69 Å². The zero-order valence-corrected chi connectivity index (χ0v) is 15.2. The number of hydrogen-bond donors (Lipinski definition) is 0. The number of piperidine rings is 1. The van der Waals surface area contributed by atoms with E-state index in [1.165, 1.54) is 5.56 Å². The van der Waals surface area contributed by atoms with Crippen LogP contribution in [0.2, 0.25) is 0 Å². The highest BCUT2D eigenvalue weighted by molar-refractivity contribution is 7.07. The molecule has 1 aliphatic rings. The molecule has 0 spiro atoms. The van der Waals surface area contributed by atoms with E-state index >= 15 is 0 Å². The number of nitrogens with zero attached hydrogens (tertiary/aromatic N) is 5. The number of thiophene rings is 1. The van der Waals surface area contributed by atoms with Crippen LogP contribution in [0.15, 0.2) is 23.0 Å². The fourth-order valence-electron chi connectivity index (χ4n) is 3.21. The van der Waals surface area contributed by atoms with Gasteiger partial charge in [-0.05, 0) is 49.1 Å². The topological polar surface area (TPSA) is 54.3 Å². The summed E-state index contributed by atoms with van der Waals surface area (Å²) in [7, 11) is 0. The first-order valence-electron chi connectivity index (χ1n) is 8.65. The number of aromatic nitrogens is 3. The van der Waals surface area contributed by atoms with Crippen molar-refractivity contribution in [2.45, 2.75) is 39.3 Å². The van der Waals surface area contributed by atoms with Gasteiger partial charge >= 0.3 is 0 Å². The summed E-state index contributed by atoms with van der Waals surface area (Å²) in [6.07, 6.45) is 3.92. The predicted molar refractivity (Wildman–Crippen MR) is 95.1 cm³/mol. The Bertz CT molecular complexity index is 642. The van der Waals surface area contributed by atoms with Crippen LogP contribution in [-0.4, -0.2) is 56.9 Å². The van der Waals surface area contributed by atoms with Gasteiger partial charge in [0.1, 0.15) is 0 Å². The number of hydrogen-bond acceptors (Lipinski definition) is 5. The Hall–Kier alpha value is -1.73. The number of carbonyl (C=O) groups excluding carboxylic acids is 1. The monoisotopic (exact) mass is 347 g/mol. The molecule has 1 fully saturated rings. The molecule has 1 saturated heterocycles. The molecule has 1 aliphatic heterocycles. The van der Waals surface area contributed by atoms with Gasteiger partial charge in [-0.25, -0.2) is 4.68 Å². The summed E-state index contributed by atoms with van der Waals surface area (Å²) in [5.74, 6) is -0.0267. The zero-order valence-electron chi connectivity index (χ0n) is 14.4. The van der Waals surface area contributed by atoms with Crippen LogP contribution in [0.1, 0.15) is 48.8 Å². The number of likely N-dealkylation sites (tertiary alicyclic amines) is 1. The van der Waals surface area contributed by atoms with Gasteiger partial charge in [0.15, 0.2) is 5.69 Å². The molecule has 2 aromatic rings. The van der Waals surface area contributed by atoms with Crippen molar-refractivity contribution in [3.63, 3.8) is 0 Å². The minimum absolute atomic E-state index is 0.0267. The molecule has 1 amide bonds. The molecule has 2 aromatic heterocycles. The van der Waals surface area contributed by atoms with Gasteiger partial charge in [0, 0.05) is 32.7 Å². The first kappa shape index (κ1) is 17.1. The second kappa shape index (κ2) is 7.90. The summed E-state index contributed by atoms with van der Waals surface area (Å²) >= 11 is 1.75. The maximum absolute atomic E-state index is 12.3. The molecule has 0 N–H and O–H groups in total. The average molecular weight is 347 g/mol. The minimum Gasteiger partial charge on any atom is -0.338 e. The average Bonchev–Trinajstić information content (AvgIpc) is 3.28. The van der Waals surface area contributed by atoms with Gasteiger partial charge in [-0.1, -0.05) is 5.21 Å². The standard InChI is InChI=1S/C17H25N5OS/c1-3-21(4-2)17(23)16-12-22(19-18-16)15-5-8-20(9-6-15)11-14-7-10-24-13-14/h7,10,12-13,15H,3-6,8-9,11H2,1-2H3. The van der Waals surface area contributed by atoms with Crippen molar-refractivity contribution in [3.05, 3.63) is 34.3 Å². The van der Waals surface area contributed by atoms with Crippen molar-refractivity contribution in [2.24, 2.45) is 0 Å². The molecule has 6 nitrogen and oxygen atoms in total. The normalized spacial score (nSPS) is 16.4. The lowest BCUT2D eigenvalue weighted by Gasteiger charge is -2.31. The molecule has 0 aliphatic carbocycles. The van der Waals surface area contributed by atoms with E-state index in [0.29, 0.717) is 24.8 Å². The lowest BCUT2D eigenvalue weighted by Crippen LogP contribution is -2.34. The highest BCUT2D eigenvalue weighted by Crippen LogP contribution is 2.23. The van der Waals surface area contributed by atoms with E-state index in [4.69, 9.17) is 0 Å². The fraction of sp³-hybridized carbons (Fsp3) is 0.588. The summed E-state index contributed by atoms with van der Waals surface area (Å²) in [6, 6.07) is 2.54. The molecule has 0 saturated carbocycles. The van der Waals surface area contributed by atoms with Crippen LogP contribution in [0, 0.1) is 0 Å². The smallest absolute Gasteiger partial charge is 0.276 e. The minimum atomic E-state index is -0.0267. The highest BCUT2D eigenvalue weighted by Gasteiger charge is 2.23. The summed E-state index contributed by atoms with van der Waals surface area (Å²) < 4.78 is 1.89. The maximum Gasteiger partial charge on any atom is 0.276 e. The van der Waals surface area contributed by atoms with E-state index in [2.05, 4.69) is 32.0 Å². The third-order valence-corrected chi connectivity index (χ3v) is 5.43. The molecule has 0 atom stereocenters. The summed E-state index contributed by atoms with van der Waals surface area (Å²) in [5.41, 5.74) is 1.85. The Morgan fingerprint density at radius 3 is 2.71 bits per heavy atom. The van der Waals surface area contributed by atoms with E-state index in [9.17, 15) is 4.79 Å². The SMILES string of the molecule is CCN(CC)C(=O)c1cn(C2CCN(Cc3ccsc3)CC2)nn1. The van der Waals surface area contributed by atoms with Crippen LogP contribution >= 0.6 is 11.3 Å². The lowest BCUT2D eigenvalue weighted by molar-refractivity contribution is 0.0767. The van der Waals surface area contributed by atoms with E-state index in [0.717, 1.165) is 32.5 Å². The van der Waals surface area contributed by atoms with Crippen molar-refractivity contribution in [1.82, 2.24) is 24.8 Å². The Morgan fingerprint density at radius 1 is 1.33 bits per heavy atom. The van der Waals surface area contributed by atoms with Gasteiger partial charge in [0.25, 0.3) is 5.91 Å². The van der Waals surface area contributed by atoms with Gasteiger partial charge in [0.05, 0.1) is 12.2 Å². The summed E-state index contributed by atoms with van der Waals surface area (Å²) in [5, 5.41) is 12.7. The molecule has 0 radical (unpaired) electrons. The molecule has 3 heterocycles. The maximum atomic E-state index is 12.3. The third-order valence-electron chi connectivity index (χ3n) is 4.70. The van der Waals surface area contributed by atoms with Gasteiger partial charge in [-0.2, -0.15) is 11.3 Å². The highest BCUT2D eigenvalue weighted by atomic mass is 32.1. The zero-order chi connectivity index (χ0) is 16.9. The number of amides is 1. The molecule has 24 heavy (non-hydrogen) atoms. The van der Waals surface area contributed by atoms with Crippen LogP contribution in [-0.2, 0) is 6.54 Å². The molecule has 130 valence electrons. The van der Waals surface area contributed by atoms with E-state index in [1.807, 2.05) is 24.7 Å². The first-order chi connectivity index (χ1) is 11.7. The molecule has 0 aromatic carbocycles. The van der Waals surface area contributed by atoms with Crippen molar-refractivity contribution in [3.8, 4) is 0 Å². The number of rotatable bonds is 6. The molecule has 0 unspecified atom stereocenters. The Kier molecular flexibility index (Phi) is 5.63. The fourth-order valence-corrected chi connectivity index (χ4v) is 3.87. The Morgan fingerprint density at radius 2 is 2.08 bits per heavy atom. The van der Waals surface area contributed by atoms with Crippen LogP contribution in [0.5, 0.6) is 0 Å². The summed E-state index contributed by atoms with van der Waals surface area (Å²) in [4.78, 5) is 16.6. The van der Waals surface area contributed by atoms with Gasteiger partial charge < -0.3 is 4.90 Å². The van der Waals surface area contributed by atoms with Crippen molar-refractivity contribution >= 4 is 17.2 Å². The van der Waals surface area contributed by atoms with Crippen LogP contribution in [0.3, 0.4) is 0 Å². The van der Waals surface area contributed by atoms with Crippen LogP contribution in [0.4, 0.5) is 0 Å². The van der Waals surface area contributed by atoms with E-state index in [1.54, 1.807) is 16.2 Å². The van der Waals surface area contributed by atoms with Crippen LogP contribution in [0.25, 0.3) is 0 Å². The van der Waals surface area contributed by atoms with E-state index < -0.39 is 0 Å². The van der Waals surface area contributed by atoms with Gasteiger partial charge in [0.2, 0.25) is 0 Å². The molecule has 7 heteroatoms. The van der Waals surface area contributed by atoms with Crippen molar-refractivity contribution < 1.29 is 4.79 Å². The largest absolute Gasteiger partial charge is 0.338 e. The molecular formula is C17H25N5OS. The van der Waals surface area contributed by atoms with Gasteiger partial charge in [-0.15, -0.1) is 5.10 Å². The lowest BCUT2D eigenvalue weighted by atomic mass is 10.0. The second-order valence-electron chi connectivity index (χ2n) is 6.20. The Balaban J connectivity index is 1.56. The van der Waals surface area contributed by atoms with Crippen molar-refractivity contribution in [1.29, 1.82) is 0 Å². The van der Waals surface area contributed by atoms with Crippen LogP contribution < -0.4 is 0 Å². The quantitative estimate of drug-likeness (QED) is 0.806. The predicted octanol–water partition coefficient (Wildman–Crippen LogP) is 2.66. The third kappa shape index (κ3) is 3.84. The number of carbonyl (C=O) groups is 1. The molecule has 0 bridgehead atoms.